The molecule has 164 valence electrons. The van der Waals surface area contributed by atoms with Crippen molar-refractivity contribution in [2.75, 3.05) is 17.2 Å². The molecule has 4 rings (SSSR count). The van der Waals surface area contributed by atoms with E-state index in [1.54, 1.807) is 24.3 Å². The highest BCUT2D eigenvalue weighted by Crippen LogP contribution is 2.34. The first-order valence-electron chi connectivity index (χ1n) is 8.81. The molecule has 3 aromatic rings. The second kappa shape index (κ2) is 7.13. The zero-order valence-corrected chi connectivity index (χ0v) is 16.4. The van der Waals surface area contributed by atoms with Crippen molar-refractivity contribution in [2.24, 2.45) is 0 Å². The number of aromatic nitrogens is 2. The zero-order valence-electron chi connectivity index (χ0n) is 15.6. The van der Waals surface area contributed by atoms with Gasteiger partial charge in [0.25, 0.3) is 15.6 Å². The quantitative estimate of drug-likeness (QED) is 0.392. The summed E-state index contributed by atoms with van der Waals surface area (Å²) in [6.45, 7) is 0.599. The van der Waals surface area contributed by atoms with Gasteiger partial charge in [0.2, 0.25) is 0 Å². The van der Waals surface area contributed by atoms with Gasteiger partial charge in [-0.15, -0.1) is 0 Å². The molecule has 1 atom stereocenters. The second-order valence-electron chi connectivity index (χ2n) is 6.97. The van der Waals surface area contributed by atoms with Crippen molar-refractivity contribution < 1.29 is 26.3 Å². The molecule has 0 aliphatic carbocycles. The summed E-state index contributed by atoms with van der Waals surface area (Å²) < 4.78 is 69.3. The Kier molecular flexibility index (Phi) is 4.81. The highest BCUT2D eigenvalue weighted by atomic mass is 32.2. The van der Waals surface area contributed by atoms with Gasteiger partial charge in [-0.05, 0) is 23.3 Å². The molecule has 0 amide bonds. The molecule has 1 unspecified atom stereocenters. The molecular formula is C18H15F3N4O5S. The Morgan fingerprint density at radius 1 is 1.19 bits per heavy atom. The van der Waals surface area contributed by atoms with Crippen LogP contribution < -0.4 is 21.8 Å². The number of epoxide rings is 1. The first-order chi connectivity index (χ1) is 14.4. The highest BCUT2D eigenvalue weighted by Gasteiger charge is 2.33. The molecule has 1 aliphatic heterocycles. The third-order valence-electron chi connectivity index (χ3n) is 4.65. The van der Waals surface area contributed by atoms with Crippen LogP contribution in [0.1, 0.15) is 22.8 Å². The fraction of sp³-hybridized carbons (Fsp3) is 0.222. The summed E-state index contributed by atoms with van der Waals surface area (Å²) in [5, 5.41) is -0.387. The van der Waals surface area contributed by atoms with Gasteiger partial charge in [-0.3, -0.25) is 4.79 Å². The van der Waals surface area contributed by atoms with Crippen LogP contribution in [-0.2, 0) is 26.7 Å². The number of ether oxygens (including phenoxy) is 1. The number of hydrogen-bond donors (Lipinski definition) is 3. The number of nitrogens with two attached hydrogens (primary N) is 1. The molecule has 9 nitrogen and oxygen atoms in total. The van der Waals surface area contributed by atoms with Gasteiger partial charge in [0.15, 0.2) is 0 Å². The van der Waals surface area contributed by atoms with Crippen LogP contribution in [0.15, 0.2) is 46.0 Å². The molecular weight excluding hydrogens is 441 g/mol. The van der Waals surface area contributed by atoms with Crippen molar-refractivity contribution in [1.29, 1.82) is 0 Å². The first-order valence-corrected chi connectivity index (χ1v) is 10.5. The number of hydrogen-bond acceptors (Lipinski definition) is 6. The molecule has 1 saturated heterocycles. The number of fused-ring (bicyclic) bond motifs is 1. The van der Waals surface area contributed by atoms with E-state index < -0.39 is 50.0 Å². The van der Waals surface area contributed by atoms with E-state index in [4.69, 9.17) is 10.5 Å². The van der Waals surface area contributed by atoms with Crippen LogP contribution in [0.5, 0.6) is 0 Å². The summed E-state index contributed by atoms with van der Waals surface area (Å²) in [4.78, 5) is 28.7. The Bertz CT molecular complexity index is 1390. The SMILES string of the molecule is Nc1cc2c(=O)n(NS(=O)(=O)Cc3ccc(C4CO4)cc3)c(=O)[nH]c2cc1C(F)(F)F. The molecule has 1 aromatic heterocycles. The maximum absolute atomic E-state index is 13.0. The predicted octanol–water partition coefficient (Wildman–Crippen LogP) is 1.44. The van der Waals surface area contributed by atoms with Gasteiger partial charge < -0.3 is 15.5 Å². The summed E-state index contributed by atoms with van der Waals surface area (Å²) in [6.07, 6.45) is -4.80. The van der Waals surface area contributed by atoms with Crippen LogP contribution >= 0.6 is 0 Å². The number of nitrogens with one attached hydrogen (secondary N) is 2. The zero-order chi connectivity index (χ0) is 22.6. The van der Waals surface area contributed by atoms with Crippen LogP contribution in [0.2, 0.25) is 0 Å². The van der Waals surface area contributed by atoms with Crippen LogP contribution in [0.25, 0.3) is 10.9 Å². The van der Waals surface area contributed by atoms with Gasteiger partial charge in [-0.25, -0.2) is 18.0 Å². The molecule has 31 heavy (non-hydrogen) atoms. The molecule has 13 heteroatoms. The van der Waals surface area contributed by atoms with Crippen LogP contribution in [0.4, 0.5) is 18.9 Å². The lowest BCUT2D eigenvalue weighted by Crippen LogP contribution is -2.44. The fourth-order valence-electron chi connectivity index (χ4n) is 3.07. The Balaban J connectivity index is 1.67. The minimum Gasteiger partial charge on any atom is -0.398 e. The molecule has 0 bridgehead atoms. The van der Waals surface area contributed by atoms with Gasteiger partial charge >= 0.3 is 11.9 Å². The smallest absolute Gasteiger partial charge is 0.398 e. The lowest BCUT2D eigenvalue weighted by Gasteiger charge is -2.13. The monoisotopic (exact) mass is 456 g/mol. The van der Waals surface area contributed by atoms with E-state index in [-0.39, 0.29) is 16.2 Å². The van der Waals surface area contributed by atoms with Crippen molar-refractivity contribution in [2.45, 2.75) is 18.0 Å². The topological polar surface area (TPSA) is 140 Å². The third kappa shape index (κ3) is 4.27. The van der Waals surface area contributed by atoms with Crippen LogP contribution in [0, 0.1) is 0 Å². The molecule has 1 aliphatic rings. The van der Waals surface area contributed by atoms with E-state index in [1.807, 2.05) is 4.83 Å². The van der Waals surface area contributed by atoms with Crippen molar-refractivity contribution >= 4 is 26.6 Å². The van der Waals surface area contributed by atoms with E-state index in [0.29, 0.717) is 18.2 Å². The molecule has 0 spiro atoms. The lowest BCUT2D eigenvalue weighted by molar-refractivity contribution is -0.136. The summed E-state index contributed by atoms with van der Waals surface area (Å²) in [5.74, 6) is -0.544. The van der Waals surface area contributed by atoms with Crippen molar-refractivity contribution in [1.82, 2.24) is 9.66 Å². The summed E-state index contributed by atoms with van der Waals surface area (Å²) in [6, 6.07) is 7.82. The van der Waals surface area contributed by atoms with Crippen LogP contribution in [0.3, 0.4) is 0 Å². The van der Waals surface area contributed by atoms with E-state index in [2.05, 4.69) is 4.98 Å². The third-order valence-corrected chi connectivity index (χ3v) is 5.82. The second-order valence-corrected chi connectivity index (χ2v) is 8.67. The predicted molar refractivity (Wildman–Crippen MR) is 105 cm³/mol. The van der Waals surface area contributed by atoms with Crippen molar-refractivity contribution in [3.63, 3.8) is 0 Å². The number of benzene rings is 2. The Labute approximate surface area is 172 Å². The summed E-state index contributed by atoms with van der Waals surface area (Å²) in [7, 11) is -4.21. The van der Waals surface area contributed by atoms with Gasteiger partial charge in [0.1, 0.15) is 6.10 Å². The molecule has 1 fully saturated rings. The van der Waals surface area contributed by atoms with Gasteiger partial charge in [0.05, 0.1) is 28.8 Å². The number of H-pyrrole nitrogens is 1. The number of alkyl halides is 3. The van der Waals surface area contributed by atoms with Gasteiger partial charge in [-0.2, -0.15) is 17.8 Å². The maximum Gasteiger partial charge on any atom is 0.418 e. The summed E-state index contributed by atoms with van der Waals surface area (Å²) in [5.41, 5.74) is 1.87. The number of nitrogen functional groups attached to an aromatic ring is 1. The number of anilines is 1. The van der Waals surface area contributed by atoms with E-state index in [1.165, 1.54) is 0 Å². The van der Waals surface area contributed by atoms with E-state index >= 15 is 0 Å². The average Bonchev–Trinajstić information content (AvgIpc) is 3.50. The molecule has 0 radical (unpaired) electrons. The van der Waals surface area contributed by atoms with E-state index in [9.17, 15) is 31.2 Å². The molecule has 2 heterocycles. The van der Waals surface area contributed by atoms with Gasteiger partial charge in [-0.1, -0.05) is 24.3 Å². The van der Waals surface area contributed by atoms with Crippen molar-refractivity contribution in [3.8, 4) is 0 Å². The van der Waals surface area contributed by atoms with Gasteiger partial charge in [0, 0.05) is 5.69 Å². The Morgan fingerprint density at radius 2 is 1.84 bits per heavy atom. The summed E-state index contributed by atoms with van der Waals surface area (Å²) >= 11 is 0. The highest BCUT2D eigenvalue weighted by molar-refractivity contribution is 7.91. The standard InChI is InChI=1S/C18H15F3N4O5S/c19-18(20,21)12-6-14-11(5-13(12)22)16(26)25(17(27)23-14)24-31(28,29)8-9-1-3-10(4-2-9)15-7-30-15/h1-6,15,24H,7-8,22H2,(H,23,27). The molecule has 2 aromatic carbocycles. The molecule has 0 saturated carbocycles. The number of sulfonamides is 1. The number of halogens is 3. The molecule has 4 N–H and O–H groups in total. The Hall–Kier alpha value is -3.32. The lowest BCUT2D eigenvalue weighted by atomic mass is 10.1. The number of nitrogens with zero attached hydrogens (tertiary/aromatic N) is 1. The minimum absolute atomic E-state index is 0.00353. The Morgan fingerprint density at radius 3 is 2.42 bits per heavy atom. The number of aromatic amines is 1. The van der Waals surface area contributed by atoms with E-state index in [0.717, 1.165) is 11.6 Å². The fourth-order valence-corrected chi connectivity index (χ4v) is 4.21. The number of rotatable bonds is 5. The average molecular weight is 456 g/mol. The largest absolute Gasteiger partial charge is 0.418 e. The first kappa shape index (κ1) is 20.9. The minimum atomic E-state index is -4.80. The maximum atomic E-state index is 13.0. The van der Waals surface area contributed by atoms with Crippen LogP contribution in [-0.4, -0.2) is 24.7 Å². The van der Waals surface area contributed by atoms with Crippen molar-refractivity contribution in [3.05, 3.63) is 73.9 Å². The normalized spacial score (nSPS) is 16.4.